The molecule has 0 heterocycles. The smallest absolute Gasteiger partial charge is 0.329 e. The van der Waals surface area contributed by atoms with Crippen LogP contribution in [0.5, 0.6) is 0 Å². The van der Waals surface area contributed by atoms with E-state index in [9.17, 15) is 4.79 Å². The van der Waals surface area contributed by atoms with Crippen molar-refractivity contribution in [2.24, 2.45) is 0 Å². The Balaban J connectivity index is -0.0000000302. The van der Waals surface area contributed by atoms with Crippen LogP contribution in [-0.4, -0.2) is 39.1 Å². The van der Waals surface area contributed by atoms with E-state index in [2.05, 4.69) is 11.3 Å². The van der Waals surface area contributed by atoms with Crippen LogP contribution in [0.2, 0.25) is 0 Å². The fourth-order valence-electron chi connectivity index (χ4n) is 0.0833. The second-order valence-corrected chi connectivity index (χ2v) is 2.07. The Morgan fingerprint density at radius 3 is 1.43 bits per heavy atom. The van der Waals surface area contributed by atoms with Crippen molar-refractivity contribution in [3.05, 3.63) is 12.7 Å². The Morgan fingerprint density at radius 2 is 1.43 bits per heavy atom. The van der Waals surface area contributed by atoms with E-state index in [4.69, 9.17) is 0 Å². The molecule has 5 heteroatoms. The topological polar surface area (TPSA) is 29.5 Å². The zero-order valence-electron chi connectivity index (χ0n) is 9.86. The number of halogens is 2. The maximum Gasteiger partial charge on any atom is 0.329 e. The van der Waals surface area contributed by atoms with Crippen molar-refractivity contribution in [2.75, 3.05) is 28.3 Å². The van der Waals surface area contributed by atoms with Gasteiger partial charge in [-0.3, -0.25) is 0 Å². The van der Waals surface area contributed by atoms with Crippen molar-refractivity contribution < 1.29 is 9.53 Å². The number of methoxy groups -OCH3 is 1. The largest absolute Gasteiger partial charge is 0.466 e. The molecular formula is C9H23Cl2NO2. The minimum atomic E-state index is -0.394. The lowest BCUT2D eigenvalue weighted by Gasteiger charge is -1.90. The average Bonchev–Trinajstić information content (AvgIpc) is 2.06. The summed E-state index contributed by atoms with van der Waals surface area (Å²) in [4.78, 5) is 11.8. The van der Waals surface area contributed by atoms with E-state index in [1.54, 1.807) is 0 Å². The predicted molar refractivity (Wildman–Crippen MR) is 67.7 cm³/mol. The fraction of sp³-hybridized carbons (Fsp3) is 0.667. The molecule has 0 spiro atoms. The van der Waals surface area contributed by atoms with E-state index in [1.807, 2.05) is 39.9 Å². The first-order valence-corrected chi connectivity index (χ1v) is 3.86. The maximum absolute atomic E-state index is 9.84. The van der Waals surface area contributed by atoms with Gasteiger partial charge >= 0.3 is 5.97 Å². The third-order valence-electron chi connectivity index (χ3n) is 0.368. The Labute approximate surface area is 100 Å². The Morgan fingerprint density at radius 1 is 1.21 bits per heavy atom. The zero-order valence-corrected chi connectivity index (χ0v) is 11.5. The van der Waals surface area contributed by atoms with Gasteiger partial charge < -0.3 is 9.64 Å². The molecule has 14 heavy (non-hydrogen) atoms. The van der Waals surface area contributed by atoms with Gasteiger partial charge in [0.2, 0.25) is 0 Å². The summed E-state index contributed by atoms with van der Waals surface area (Å²) in [7, 11) is 7.31. The van der Waals surface area contributed by atoms with Crippen molar-refractivity contribution in [1.29, 1.82) is 0 Å². The van der Waals surface area contributed by atoms with Crippen LogP contribution in [0.1, 0.15) is 13.8 Å². The number of rotatable bonds is 1. The van der Waals surface area contributed by atoms with E-state index in [0.29, 0.717) is 0 Å². The summed E-state index contributed by atoms with van der Waals surface area (Å²) in [6, 6.07) is 0. The van der Waals surface area contributed by atoms with Gasteiger partial charge in [0.25, 0.3) is 0 Å². The van der Waals surface area contributed by atoms with Crippen LogP contribution in [0.15, 0.2) is 12.7 Å². The van der Waals surface area contributed by atoms with E-state index >= 15 is 0 Å². The normalized spacial score (nSPS) is 5.93. The fourth-order valence-corrected chi connectivity index (χ4v) is 0.0833. The molecular weight excluding hydrogens is 225 g/mol. The van der Waals surface area contributed by atoms with Gasteiger partial charge in [-0.2, -0.15) is 0 Å². The molecule has 0 aromatic carbocycles. The molecule has 90 valence electrons. The highest BCUT2D eigenvalue weighted by Crippen LogP contribution is 1.67. The monoisotopic (exact) mass is 247 g/mol. The summed E-state index contributed by atoms with van der Waals surface area (Å²) in [6.45, 7) is 7.16. The van der Waals surface area contributed by atoms with E-state index in [1.165, 1.54) is 7.11 Å². The van der Waals surface area contributed by atoms with Crippen LogP contribution in [0.25, 0.3) is 0 Å². The molecule has 0 saturated heterocycles. The highest BCUT2D eigenvalue weighted by molar-refractivity contribution is 5.85. The van der Waals surface area contributed by atoms with Crippen molar-refractivity contribution in [3.8, 4) is 0 Å². The molecule has 0 amide bonds. The van der Waals surface area contributed by atoms with Gasteiger partial charge in [0.05, 0.1) is 7.11 Å². The van der Waals surface area contributed by atoms with Gasteiger partial charge in [0.15, 0.2) is 0 Å². The number of carbonyl (C=O) groups excluding carboxylic acids is 1. The maximum atomic E-state index is 9.84. The summed E-state index contributed by atoms with van der Waals surface area (Å²) < 4.78 is 4.14. The number of nitrogens with zero attached hydrogens (tertiary/aromatic N) is 1. The van der Waals surface area contributed by atoms with Crippen molar-refractivity contribution in [1.82, 2.24) is 4.90 Å². The lowest BCUT2D eigenvalue weighted by atomic mass is 10.7. The third kappa shape index (κ3) is 96.6. The van der Waals surface area contributed by atoms with Crippen LogP contribution < -0.4 is 0 Å². The predicted octanol–water partition coefficient (Wildman–Crippen LogP) is 2.39. The summed E-state index contributed by atoms with van der Waals surface area (Å²) in [5.74, 6) is -0.394. The zero-order chi connectivity index (χ0) is 10.6. The second kappa shape index (κ2) is 29.3. The minimum Gasteiger partial charge on any atom is -0.466 e. The van der Waals surface area contributed by atoms with Gasteiger partial charge in [-0.1, -0.05) is 20.4 Å². The van der Waals surface area contributed by atoms with Crippen LogP contribution in [-0.2, 0) is 9.53 Å². The SMILES string of the molecule is C=CC(=O)OC.CC.CN(C)C.Cl.Cl. The van der Waals surface area contributed by atoms with Crippen molar-refractivity contribution in [3.63, 3.8) is 0 Å². The summed E-state index contributed by atoms with van der Waals surface area (Å²) in [5, 5.41) is 0. The molecule has 0 saturated carbocycles. The van der Waals surface area contributed by atoms with Crippen molar-refractivity contribution >= 4 is 30.8 Å². The number of hydrogen-bond acceptors (Lipinski definition) is 3. The van der Waals surface area contributed by atoms with Gasteiger partial charge in [0, 0.05) is 6.08 Å². The average molecular weight is 248 g/mol. The first-order chi connectivity index (χ1) is 5.54. The molecule has 0 aliphatic carbocycles. The first-order valence-electron chi connectivity index (χ1n) is 3.86. The first kappa shape index (κ1) is 29.2. The molecule has 0 aliphatic rings. The molecule has 0 rings (SSSR count). The quantitative estimate of drug-likeness (QED) is 0.527. The number of carbonyl (C=O) groups is 1. The Hall–Kier alpha value is -0.250. The lowest BCUT2D eigenvalue weighted by molar-refractivity contribution is -0.134. The molecule has 0 N–H and O–H groups in total. The molecule has 0 atom stereocenters. The highest BCUT2D eigenvalue weighted by Gasteiger charge is 1.81. The highest BCUT2D eigenvalue weighted by atomic mass is 35.5. The van der Waals surface area contributed by atoms with E-state index < -0.39 is 5.97 Å². The molecule has 0 aromatic rings. The summed E-state index contributed by atoms with van der Waals surface area (Å²) in [6.07, 6.45) is 1.11. The van der Waals surface area contributed by atoms with Crippen LogP contribution in [0.4, 0.5) is 0 Å². The van der Waals surface area contributed by atoms with E-state index in [-0.39, 0.29) is 24.8 Å². The lowest BCUT2D eigenvalue weighted by Crippen LogP contribution is -1.99. The molecule has 0 radical (unpaired) electrons. The van der Waals surface area contributed by atoms with Gasteiger partial charge in [-0.25, -0.2) is 4.79 Å². The minimum absolute atomic E-state index is 0. The standard InChI is InChI=1S/C4H6O2.C3H9N.C2H6.2ClH/c1-3-4(5)6-2;1-4(2)3;1-2;;/h3H,1H2,2H3;1-3H3;1-2H3;2*1H. The second-order valence-electron chi connectivity index (χ2n) is 2.07. The molecule has 0 bridgehead atoms. The molecule has 0 aromatic heterocycles. The van der Waals surface area contributed by atoms with Gasteiger partial charge in [0.1, 0.15) is 0 Å². The van der Waals surface area contributed by atoms with Crippen molar-refractivity contribution in [2.45, 2.75) is 13.8 Å². The van der Waals surface area contributed by atoms with Gasteiger partial charge in [-0.15, -0.1) is 24.8 Å². The van der Waals surface area contributed by atoms with Gasteiger partial charge in [-0.05, 0) is 21.1 Å². The number of ether oxygens (including phenoxy) is 1. The Kier molecular flexibility index (Phi) is 61.1. The number of esters is 1. The number of hydrogen-bond donors (Lipinski definition) is 0. The molecule has 0 aliphatic heterocycles. The molecule has 0 unspecified atom stereocenters. The van der Waals surface area contributed by atoms with Crippen LogP contribution in [0.3, 0.4) is 0 Å². The van der Waals surface area contributed by atoms with Crippen LogP contribution >= 0.6 is 24.8 Å². The molecule has 3 nitrogen and oxygen atoms in total. The molecule has 0 fully saturated rings. The summed E-state index contributed by atoms with van der Waals surface area (Å²) in [5.41, 5.74) is 0. The Bertz CT molecular complexity index is 106. The summed E-state index contributed by atoms with van der Waals surface area (Å²) >= 11 is 0. The van der Waals surface area contributed by atoms with Crippen LogP contribution in [0, 0.1) is 0 Å². The van der Waals surface area contributed by atoms with E-state index in [0.717, 1.165) is 6.08 Å². The third-order valence-corrected chi connectivity index (χ3v) is 0.368.